The topological polar surface area (TPSA) is 15.3 Å². The Hall–Kier alpha value is -0.0800. The van der Waals surface area contributed by atoms with Gasteiger partial charge in [-0.1, -0.05) is 13.8 Å². The van der Waals surface area contributed by atoms with E-state index in [0.29, 0.717) is 0 Å². The first-order valence-corrected chi connectivity index (χ1v) is 6.13. The van der Waals surface area contributed by atoms with Gasteiger partial charge in [-0.25, -0.2) is 0 Å². The fourth-order valence-electron chi connectivity index (χ4n) is 2.77. The Morgan fingerprint density at radius 2 is 1.86 bits per heavy atom. The van der Waals surface area contributed by atoms with Crippen LogP contribution in [0.5, 0.6) is 0 Å². The molecular weight excluding hydrogens is 172 g/mol. The second-order valence-electron chi connectivity index (χ2n) is 5.64. The van der Waals surface area contributed by atoms with Crippen molar-refractivity contribution in [2.24, 2.45) is 11.3 Å². The zero-order valence-corrected chi connectivity index (χ0v) is 9.68. The van der Waals surface area contributed by atoms with Crippen molar-refractivity contribution < 1.29 is 0 Å². The van der Waals surface area contributed by atoms with Crippen LogP contribution in [0, 0.1) is 11.3 Å². The summed E-state index contributed by atoms with van der Waals surface area (Å²) in [6.07, 6.45) is 4.19. The molecule has 2 fully saturated rings. The van der Waals surface area contributed by atoms with E-state index in [1.165, 1.54) is 52.0 Å². The largest absolute Gasteiger partial charge is 0.317 e. The summed E-state index contributed by atoms with van der Waals surface area (Å²) < 4.78 is 0. The molecule has 14 heavy (non-hydrogen) atoms. The SMILES string of the molecule is CC(C)CCN1CC2(CCNCC2)C1. The van der Waals surface area contributed by atoms with Crippen LogP contribution in [0.2, 0.25) is 0 Å². The van der Waals surface area contributed by atoms with Crippen LogP contribution in [0.15, 0.2) is 0 Å². The summed E-state index contributed by atoms with van der Waals surface area (Å²) in [7, 11) is 0. The van der Waals surface area contributed by atoms with Crippen LogP contribution in [-0.2, 0) is 0 Å². The van der Waals surface area contributed by atoms with Gasteiger partial charge >= 0.3 is 0 Å². The molecule has 0 amide bonds. The van der Waals surface area contributed by atoms with E-state index in [4.69, 9.17) is 0 Å². The fourth-order valence-corrected chi connectivity index (χ4v) is 2.77. The molecule has 2 aliphatic heterocycles. The number of nitrogens with zero attached hydrogens (tertiary/aromatic N) is 1. The predicted molar refractivity (Wildman–Crippen MR) is 60.4 cm³/mol. The van der Waals surface area contributed by atoms with Crippen molar-refractivity contribution in [3.05, 3.63) is 0 Å². The van der Waals surface area contributed by atoms with E-state index < -0.39 is 0 Å². The molecule has 2 nitrogen and oxygen atoms in total. The Labute approximate surface area is 88.1 Å². The minimum Gasteiger partial charge on any atom is -0.317 e. The van der Waals surface area contributed by atoms with Crippen molar-refractivity contribution in [2.75, 3.05) is 32.7 Å². The first-order chi connectivity index (χ1) is 6.70. The smallest absolute Gasteiger partial charge is 0.00514 e. The average Bonchev–Trinajstić information content (AvgIpc) is 2.12. The molecule has 82 valence electrons. The maximum Gasteiger partial charge on any atom is 0.00514 e. The Morgan fingerprint density at radius 1 is 1.21 bits per heavy atom. The molecule has 1 N–H and O–H groups in total. The second-order valence-corrected chi connectivity index (χ2v) is 5.64. The Kier molecular flexibility index (Phi) is 3.13. The Bertz CT molecular complexity index is 175. The number of hydrogen-bond acceptors (Lipinski definition) is 2. The summed E-state index contributed by atoms with van der Waals surface area (Å²) in [5, 5.41) is 3.45. The summed E-state index contributed by atoms with van der Waals surface area (Å²) in [6.45, 7) is 11.2. The highest BCUT2D eigenvalue weighted by atomic mass is 15.2. The van der Waals surface area contributed by atoms with Crippen LogP contribution in [0.4, 0.5) is 0 Å². The number of nitrogens with one attached hydrogen (secondary N) is 1. The van der Waals surface area contributed by atoms with Crippen LogP contribution < -0.4 is 5.32 Å². The number of likely N-dealkylation sites (tertiary alicyclic amines) is 1. The van der Waals surface area contributed by atoms with Crippen LogP contribution >= 0.6 is 0 Å². The van der Waals surface area contributed by atoms with Crippen molar-refractivity contribution >= 4 is 0 Å². The van der Waals surface area contributed by atoms with Gasteiger partial charge in [0.05, 0.1) is 0 Å². The molecule has 0 aromatic heterocycles. The van der Waals surface area contributed by atoms with Crippen molar-refractivity contribution in [3.63, 3.8) is 0 Å². The molecule has 0 aromatic carbocycles. The van der Waals surface area contributed by atoms with Gasteiger partial charge in [0.1, 0.15) is 0 Å². The van der Waals surface area contributed by atoms with Crippen molar-refractivity contribution in [3.8, 4) is 0 Å². The molecule has 0 aromatic rings. The summed E-state index contributed by atoms with van der Waals surface area (Å²) in [5.74, 6) is 0.861. The molecule has 2 heterocycles. The summed E-state index contributed by atoms with van der Waals surface area (Å²) in [5.41, 5.74) is 0.724. The van der Waals surface area contributed by atoms with Gasteiger partial charge < -0.3 is 10.2 Å². The summed E-state index contributed by atoms with van der Waals surface area (Å²) >= 11 is 0. The molecule has 0 atom stereocenters. The van der Waals surface area contributed by atoms with E-state index in [1.807, 2.05) is 0 Å². The van der Waals surface area contributed by atoms with E-state index in [2.05, 4.69) is 24.1 Å². The van der Waals surface area contributed by atoms with Crippen LogP contribution in [0.1, 0.15) is 33.1 Å². The molecule has 2 aliphatic rings. The maximum atomic E-state index is 3.45. The summed E-state index contributed by atoms with van der Waals surface area (Å²) in [4.78, 5) is 2.64. The molecule has 0 radical (unpaired) electrons. The van der Waals surface area contributed by atoms with E-state index in [9.17, 15) is 0 Å². The molecule has 1 spiro atoms. The zero-order chi connectivity index (χ0) is 10.0. The van der Waals surface area contributed by atoms with E-state index in [0.717, 1.165) is 11.3 Å². The zero-order valence-electron chi connectivity index (χ0n) is 9.68. The quantitative estimate of drug-likeness (QED) is 0.739. The van der Waals surface area contributed by atoms with Gasteiger partial charge in [-0.3, -0.25) is 0 Å². The molecule has 2 saturated heterocycles. The van der Waals surface area contributed by atoms with Gasteiger partial charge in [0.2, 0.25) is 0 Å². The first-order valence-electron chi connectivity index (χ1n) is 6.13. The lowest BCUT2D eigenvalue weighted by Crippen LogP contribution is -2.59. The van der Waals surface area contributed by atoms with Gasteiger partial charge in [-0.2, -0.15) is 0 Å². The lowest BCUT2D eigenvalue weighted by atomic mass is 9.72. The molecule has 0 bridgehead atoms. The highest BCUT2D eigenvalue weighted by molar-refractivity contribution is 4.97. The van der Waals surface area contributed by atoms with Crippen molar-refractivity contribution in [1.82, 2.24) is 10.2 Å². The number of piperidine rings is 1. The average molecular weight is 196 g/mol. The van der Waals surface area contributed by atoms with Crippen LogP contribution in [-0.4, -0.2) is 37.6 Å². The predicted octanol–water partition coefficient (Wildman–Crippen LogP) is 1.72. The van der Waals surface area contributed by atoms with E-state index >= 15 is 0 Å². The van der Waals surface area contributed by atoms with Crippen molar-refractivity contribution in [1.29, 1.82) is 0 Å². The lowest BCUT2D eigenvalue weighted by molar-refractivity contribution is -0.0246. The maximum absolute atomic E-state index is 3.45. The molecule has 0 saturated carbocycles. The molecule has 2 heteroatoms. The highest BCUT2D eigenvalue weighted by Crippen LogP contribution is 2.38. The van der Waals surface area contributed by atoms with Crippen molar-refractivity contribution in [2.45, 2.75) is 33.1 Å². The highest BCUT2D eigenvalue weighted by Gasteiger charge is 2.42. The fraction of sp³-hybridized carbons (Fsp3) is 1.00. The second kappa shape index (κ2) is 4.19. The van der Waals surface area contributed by atoms with Gasteiger partial charge in [0.25, 0.3) is 0 Å². The minimum absolute atomic E-state index is 0.724. The molecule has 2 rings (SSSR count). The Morgan fingerprint density at radius 3 is 2.43 bits per heavy atom. The third-order valence-electron chi connectivity index (χ3n) is 3.80. The lowest BCUT2D eigenvalue weighted by Gasteiger charge is -2.53. The standard InChI is InChI=1S/C12H24N2/c1-11(2)3-8-14-9-12(10-14)4-6-13-7-5-12/h11,13H,3-10H2,1-2H3. The number of hydrogen-bond donors (Lipinski definition) is 1. The van der Waals surface area contributed by atoms with Gasteiger partial charge in [0, 0.05) is 13.1 Å². The summed E-state index contributed by atoms with van der Waals surface area (Å²) in [6, 6.07) is 0. The molecular formula is C12H24N2. The molecule has 0 unspecified atom stereocenters. The minimum atomic E-state index is 0.724. The molecule has 0 aliphatic carbocycles. The normalized spacial score (nSPS) is 26.8. The van der Waals surface area contributed by atoms with Gasteiger partial charge in [0.15, 0.2) is 0 Å². The third kappa shape index (κ3) is 2.29. The first kappa shape index (κ1) is 10.4. The van der Waals surface area contributed by atoms with Gasteiger partial charge in [-0.05, 0) is 50.2 Å². The van der Waals surface area contributed by atoms with E-state index in [1.54, 1.807) is 0 Å². The third-order valence-corrected chi connectivity index (χ3v) is 3.80. The van der Waals surface area contributed by atoms with E-state index in [-0.39, 0.29) is 0 Å². The Balaban J connectivity index is 1.67. The monoisotopic (exact) mass is 196 g/mol. The van der Waals surface area contributed by atoms with Gasteiger partial charge in [-0.15, -0.1) is 0 Å². The number of rotatable bonds is 3. The van der Waals surface area contributed by atoms with Crippen LogP contribution in [0.3, 0.4) is 0 Å². The van der Waals surface area contributed by atoms with Crippen LogP contribution in [0.25, 0.3) is 0 Å².